The van der Waals surface area contributed by atoms with Gasteiger partial charge in [-0.25, -0.2) is 0 Å². The van der Waals surface area contributed by atoms with Crippen molar-refractivity contribution in [2.45, 2.75) is 26.7 Å². The minimum Gasteiger partial charge on any atom is -0.496 e. The van der Waals surface area contributed by atoms with Crippen LogP contribution in [-0.2, 0) is 19.1 Å². The predicted molar refractivity (Wildman–Crippen MR) is 56.5 cm³/mol. The lowest BCUT2D eigenvalue weighted by molar-refractivity contribution is -0.147. The number of carbonyl (C=O) groups is 2. The number of allylic oxidation sites excluding steroid dienone is 1. The van der Waals surface area contributed by atoms with Crippen LogP contribution in [0.4, 0.5) is 0 Å². The van der Waals surface area contributed by atoms with E-state index in [0.29, 0.717) is 30.3 Å². The Bertz CT molecular complexity index is 356. The summed E-state index contributed by atoms with van der Waals surface area (Å²) in [6, 6.07) is 0. The normalized spacial score (nSPS) is 28.8. The summed E-state index contributed by atoms with van der Waals surface area (Å²) in [6.45, 7) is 4.38. The summed E-state index contributed by atoms with van der Waals surface area (Å²) in [5.74, 6) is 0.239. The summed E-state index contributed by atoms with van der Waals surface area (Å²) >= 11 is 0. The van der Waals surface area contributed by atoms with Gasteiger partial charge in [0.15, 0.2) is 5.78 Å². The van der Waals surface area contributed by atoms with Crippen molar-refractivity contribution in [2.75, 3.05) is 13.2 Å². The van der Waals surface area contributed by atoms with Crippen molar-refractivity contribution in [1.82, 2.24) is 0 Å². The lowest BCUT2D eigenvalue weighted by atomic mass is 9.84. The Morgan fingerprint density at radius 3 is 2.94 bits per heavy atom. The van der Waals surface area contributed by atoms with Gasteiger partial charge in [0.2, 0.25) is 0 Å². The average molecular weight is 224 g/mol. The van der Waals surface area contributed by atoms with E-state index >= 15 is 0 Å². The SMILES string of the molecule is CCOC(=O)C1COC2=C1C(=O)CC(C)C2. The molecule has 0 radical (unpaired) electrons. The summed E-state index contributed by atoms with van der Waals surface area (Å²) in [7, 11) is 0. The molecule has 2 atom stereocenters. The van der Waals surface area contributed by atoms with Crippen LogP contribution >= 0.6 is 0 Å². The van der Waals surface area contributed by atoms with Crippen molar-refractivity contribution in [1.29, 1.82) is 0 Å². The first-order valence-corrected chi connectivity index (χ1v) is 5.69. The molecule has 2 rings (SSSR count). The first-order valence-electron chi connectivity index (χ1n) is 5.69. The van der Waals surface area contributed by atoms with E-state index in [0.717, 1.165) is 6.42 Å². The average Bonchev–Trinajstić information content (AvgIpc) is 2.61. The highest BCUT2D eigenvalue weighted by Crippen LogP contribution is 2.37. The van der Waals surface area contributed by atoms with E-state index in [4.69, 9.17) is 9.47 Å². The molecule has 0 aromatic heterocycles. The molecule has 0 aromatic carbocycles. The second kappa shape index (κ2) is 4.28. The molecule has 1 heterocycles. The molecule has 4 nitrogen and oxygen atoms in total. The number of rotatable bonds is 2. The largest absolute Gasteiger partial charge is 0.496 e. The highest BCUT2D eigenvalue weighted by atomic mass is 16.5. The van der Waals surface area contributed by atoms with Crippen LogP contribution in [0.5, 0.6) is 0 Å². The molecule has 2 aliphatic rings. The van der Waals surface area contributed by atoms with Crippen molar-refractivity contribution in [3.05, 3.63) is 11.3 Å². The van der Waals surface area contributed by atoms with Gasteiger partial charge in [-0.3, -0.25) is 9.59 Å². The number of Topliss-reactive ketones (excluding diaryl/α,β-unsaturated/α-hetero) is 1. The van der Waals surface area contributed by atoms with Gasteiger partial charge in [-0.15, -0.1) is 0 Å². The highest BCUT2D eigenvalue weighted by Gasteiger charge is 2.41. The Kier molecular flexibility index (Phi) is 2.99. The molecule has 4 heteroatoms. The fourth-order valence-corrected chi connectivity index (χ4v) is 2.30. The maximum Gasteiger partial charge on any atom is 0.317 e. The molecule has 1 aliphatic heterocycles. The second-order valence-corrected chi connectivity index (χ2v) is 4.39. The first-order chi connectivity index (χ1) is 7.63. The zero-order valence-electron chi connectivity index (χ0n) is 9.62. The Morgan fingerprint density at radius 1 is 1.50 bits per heavy atom. The van der Waals surface area contributed by atoms with E-state index in [1.807, 2.05) is 6.92 Å². The van der Waals surface area contributed by atoms with E-state index in [-0.39, 0.29) is 18.4 Å². The summed E-state index contributed by atoms with van der Waals surface area (Å²) < 4.78 is 10.4. The van der Waals surface area contributed by atoms with Crippen molar-refractivity contribution in [2.24, 2.45) is 11.8 Å². The molecule has 0 fully saturated rings. The van der Waals surface area contributed by atoms with Crippen LogP contribution in [0.3, 0.4) is 0 Å². The van der Waals surface area contributed by atoms with Crippen LogP contribution in [-0.4, -0.2) is 25.0 Å². The van der Waals surface area contributed by atoms with Gasteiger partial charge in [-0.1, -0.05) is 6.92 Å². The lowest BCUT2D eigenvalue weighted by Gasteiger charge is -2.19. The summed E-state index contributed by atoms with van der Waals surface area (Å²) in [6.07, 6.45) is 1.27. The Labute approximate surface area is 94.6 Å². The smallest absolute Gasteiger partial charge is 0.317 e. The Balaban J connectivity index is 2.20. The number of ketones is 1. The van der Waals surface area contributed by atoms with Crippen molar-refractivity contribution >= 4 is 11.8 Å². The van der Waals surface area contributed by atoms with Crippen molar-refractivity contribution in [3.8, 4) is 0 Å². The summed E-state index contributed by atoms with van der Waals surface area (Å²) in [5.41, 5.74) is 0.566. The maximum absolute atomic E-state index is 11.9. The molecule has 0 amide bonds. The number of esters is 1. The third kappa shape index (κ3) is 1.84. The van der Waals surface area contributed by atoms with Crippen molar-refractivity contribution in [3.63, 3.8) is 0 Å². The van der Waals surface area contributed by atoms with Crippen LogP contribution in [0.1, 0.15) is 26.7 Å². The Hall–Kier alpha value is -1.32. The molecule has 0 saturated carbocycles. The second-order valence-electron chi connectivity index (χ2n) is 4.39. The number of carbonyl (C=O) groups excluding carboxylic acids is 2. The molecule has 0 saturated heterocycles. The zero-order valence-corrected chi connectivity index (χ0v) is 9.62. The lowest BCUT2D eigenvalue weighted by Crippen LogP contribution is -2.26. The molecule has 1 aliphatic carbocycles. The monoisotopic (exact) mass is 224 g/mol. The fourth-order valence-electron chi connectivity index (χ4n) is 2.30. The van der Waals surface area contributed by atoms with E-state index < -0.39 is 5.92 Å². The highest BCUT2D eigenvalue weighted by molar-refractivity contribution is 6.02. The van der Waals surface area contributed by atoms with E-state index in [9.17, 15) is 9.59 Å². The number of ether oxygens (including phenoxy) is 2. The summed E-state index contributed by atoms with van der Waals surface area (Å²) in [5, 5.41) is 0. The van der Waals surface area contributed by atoms with Crippen LogP contribution < -0.4 is 0 Å². The van der Waals surface area contributed by atoms with Crippen LogP contribution in [0.15, 0.2) is 11.3 Å². The van der Waals surface area contributed by atoms with Crippen LogP contribution in [0.25, 0.3) is 0 Å². The minimum absolute atomic E-state index is 0.0457. The van der Waals surface area contributed by atoms with Gasteiger partial charge in [-0.2, -0.15) is 0 Å². The van der Waals surface area contributed by atoms with Crippen LogP contribution in [0.2, 0.25) is 0 Å². The van der Waals surface area contributed by atoms with E-state index in [1.165, 1.54) is 0 Å². The number of hydrogen-bond donors (Lipinski definition) is 0. The van der Waals surface area contributed by atoms with Gasteiger partial charge < -0.3 is 9.47 Å². The molecule has 0 aromatic rings. The molecular formula is C12H16O4. The van der Waals surface area contributed by atoms with Gasteiger partial charge in [-0.05, 0) is 12.8 Å². The van der Waals surface area contributed by atoms with E-state index in [1.54, 1.807) is 6.92 Å². The van der Waals surface area contributed by atoms with E-state index in [2.05, 4.69) is 0 Å². The quantitative estimate of drug-likeness (QED) is 0.666. The molecule has 88 valence electrons. The topological polar surface area (TPSA) is 52.6 Å². The molecule has 16 heavy (non-hydrogen) atoms. The van der Waals surface area contributed by atoms with Gasteiger partial charge in [0, 0.05) is 12.8 Å². The maximum atomic E-state index is 11.9. The van der Waals surface area contributed by atoms with Gasteiger partial charge in [0.25, 0.3) is 0 Å². The zero-order chi connectivity index (χ0) is 11.7. The van der Waals surface area contributed by atoms with Crippen molar-refractivity contribution < 1.29 is 19.1 Å². The predicted octanol–water partition coefficient (Wildman–Crippen LogP) is 1.45. The molecule has 0 N–H and O–H groups in total. The molecule has 0 bridgehead atoms. The number of hydrogen-bond acceptors (Lipinski definition) is 4. The summed E-state index contributed by atoms with van der Waals surface area (Å²) in [4.78, 5) is 23.5. The van der Waals surface area contributed by atoms with Gasteiger partial charge >= 0.3 is 5.97 Å². The third-order valence-electron chi connectivity index (χ3n) is 3.01. The standard InChI is InChI=1S/C12H16O4/c1-3-15-12(14)8-6-16-10-5-7(2)4-9(13)11(8)10/h7-8H,3-6H2,1-2H3. The fraction of sp³-hybridized carbons (Fsp3) is 0.667. The first kappa shape index (κ1) is 11.2. The molecular weight excluding hydrogens is 208 g/mol. The molecule has 0 spiro atoms. The molecule has 2 unspecified atom stereocenters. The Morgan fingerprint density at radius 2 is 2.25 bits per heavy atom. The minimum atomic E-state index is -0.491. The van der Waals surface area contributed by atoms with Gasteiger partial charge in [0.05, 0.1) is 12.2 Å². The third-order valence-corrected chi connectivity index (χ3v) is 3.01. The van der Waals surface area contributed by atoms with Gasteiger partial charge in [0.1, 0.15) is 18.3 Å². The van der Waals surface area contributed by atoms with Crippen LogP contribution in [0, 0.1) is 11.8 Å².